The Labute approximate surface area is 198 Å². The second kappa shape index (κ2) is 9.46. The Morgan fingerprint density at radius 2 is 1.68 bits per heavy atom. The fraction of sp³-hybridized carbons (Fsp3) is 0.423. The molecule has 2 aromatic carbocycles. The third kappa shape index (κ3) is 4.77. The molecule has 0 radical (unpaired) electrons. The minimum absolute atomic E-state index is 0.0594. The lowest BCUT2D eigenvalue weighted by Gasteiger charge is -2.35. The van der Waals surface area contributed by atoms with Gasteiger partial charge in [0.15, 0.2) is 0 Å². The molecule has 0 aromatic heterocycles. The smallest absolute Gasteiger partial charge is 0.407 e. The van der Waals surface area contributed by atoms with Gasteiger partial charge in [0.25, 0.3) is 0 Å². The van der Waals surface area contributed by atoms with Gasteiger partial charge in [-0.25, -0.2) is 4.79 Å². The summed E-state index contributed by atoms with van der Waals surface area (Å²) < 4.78 is 5.50. The second-order valence-corrected chi connectivity index (χ2v) is 9.46. The summed E-state index contributed by atoms with van der Waals surface area (Å²) in [6.07, 6.45) is -0.107. The van der Waals surface area contributed by atoms with Crippen molar-refractivity contribution in [2.75, 3.05) is 13.2 Å². The van der Waals surface area contributed by atoms with Gasteiger partial charge in [0.1, 0.15) is 12.6 Å². The molecule has 2 unspecified atom stereocenters. The maximum Gasteiger partial charge on any atom is 0.407 e. The van der Waals surface area contributed by atoms with E-state index >= 15 is 0 Å². The Balaban J connectivity index is 1.45. The van der Waals surface area contributed by atoms with Crippen LogP contribution >= 0.6 is 0 Å². The molecule has 1 aliphatic carbocycles. The second-order valence-electron chi connectivity index (χ2n) is 9.46. The molecule has 2 aromatic rings. The molecule has 4 rings (SSSR count). The number of carbonyl (C=O) groups is 3. The zero-order valence-electron chi connectivity index (χ0n) is 19.4. The van der Waals surface area contributed by atoms with Crippen molar-refractivity contribution in [1.82, 2.24) is 10.2 Å². The zero-order valence-corrected chi connectivity index (χ0v) is 19.4. The minimum atomic E-state index is -1.28. The first-order valence-corrected chi connectivity index (χ1v) is 11.5. The maximum atomic E-state index is 13.1. The van der Waals surface area contributed by atoms with Crippen molar-refractivity contribution < 1.29 is 29.3 Å². The van der Waals surface area contributed by atoms with Crippen LogP contribution < -0.4 is 5.32 Å². The first kappa shape index (κ1) is 23.8. The summed E-state index contributed by atoms with van der Waals surface area (Å²) in [5.74, 6) is -1.89. The molecule has 0 bridgehead atoms. The highest BCUT2D eigenvalue weighted by atomic mass is 16.5. The molecule has 180 valence electrons. The Morgan fingerprint density at radius 3 is 2.24 bits per heavy atom. The molecule has 0 spiro atoms. The number of alkyl carbamates (subject to hydrolysis) is 1. The van der Waals surface area contributed by atoms with Gasteiger partial charge >= 0.3 is 12.1 Å². The highest BCUT2D eigenvalue weighted by Gasteiger charge is 2.41. The number of aliphatic hydroxyl groups is 1. The van der Waals surface area contributed by atoms with Crippen molar-refractivity contribution in [3.8, 4) is 11.1 Å². The fourth-order valence-electron chi connectivity index (χ4n) is 5.12. The normalized spacial score (nSPS) is 18.2. The van der Waals surface area contributed by atoms with Gasteiger partial charge in [0.2, 0.25) is 5.91 Å². The summed E-state index contributed by atoms with van der Waals surface area (Å²) in [6, 6.07) is 14.2. The number of hydrogen-bond acceptors (Lipinski definition) is 5. The number of aliphatic carboxylic acids is 1. The number of fused-ring (bicyclic) bond motifs is 3. The van der Waals surface area contributed by atoms with E-state index in [9.17, 15) is 24.6 Å². The van der Waals surface area contributed by atoms with Crippen molar-refractivity contribution in [1.29, 1.82) is 0 Å². The Morgan fingerprint density at radius 1 is 1.09 bits per heavy atom. The number of rotatable bonds is 7. The maximum absolute atomic E-state index is 13.1. The molecule has 2 aliphatic rings. The monoisotopic (exact) mass is 466 g/mol. The summed E-state index contributed by atoms with van der Waals surface area (Å²) in [6.45, 7) is 3.70. The number of benzene rings is 2. The van der Waals surface area contributed by atoms with Crippen LogP contribution in [0.1, 0.15) is 50.2 Å². The number of carboxylic acids is 1. The van der Waals surface area contributed by atoms with Crippen LogP contribution in [-0.2, 0) is 14.3 Å². The fourth-order valence-corrected chi connectivity index (χ4v) is 5.12. The number of hydrogen-bond donors (Lipinski definition) is 3. The number of nitrogens with zero attached hydrogens (tertiary/aromatic N) is 1. The van der Waals surface area contributed by atoms with Gasteiger partial charge < -0.3 is 25.2 Å². The van der Waals surface area contributed by atoms with Crippen LogP contribution in [0.15, 0.2) is 48.5 Å². The standard InChI is InChI=1S/C26H30N2O6/c1-26(2,33)22-12-7-13-28(22)24(31)21(14-23(29)30)27-25(32)34-15-20-18-10-5-3-8-16(18)17-9-4-6-11-19(17)20/h3-6,8-11,20-22,33H,7,12-15H2,1-2H3,(H,27,32)(H,29,30). The summed E-state index contributed by atoms with van der Waals surface area (Å²) >= 11 is 0. The summed E-state index contributed by atoms with van der Waals surface area (Å²) in [7, 11) is 0. The topological polar surface area (TPSA) is 116 Å². The summed E-state index contributed by atoms with van der Waals surface area (Å²) in [4.78, 5) is 38.7. The number of carboxylic acid groups (broad SMARTS) is 1. The third-order valence-corrected chi connectivity index (χ3v) is 6.66. The average molecular weight is 467 g/mol. The van der Waals surface area contributed by atoms with Crippen LogP contribution in [0.4, 0.5) is 4.79 Å². The molecule has 0 saturated carbocycles. The zero-order chi connectivity index (χ0) is 24.5. The lowest BCUT2D eigenvalue weighted by molar-refractivity contribution is -0.145. The molecule has 2 amide bonds. The highest BCUT2D eigenvalue weighted by Crippen LogP contribution is 2.44. The molecular formula is C26H30N2O6. The minimum Gasteiger partial charge on any atom is -0.481 e. The van der Waals surface area contributed by atoms with Gasteiger partial charge in [-0.05, 0) is 48.9 Å². The Bertz CT molecular complexity index is 1050. The van der Waals surface area contributed by atoms with Gasteiger partial charge in [-0.15, -0.1) is 0 Å². The van der Waals surface area contributed by atoms with Crippen LogP contribution in [0, 0.1) is 0 Å². The molecule has 2 atom stereocenters. The molecular weight excluding hydrogens is 436 g/mol. The Hall–Kier alpha value is -3.39. The summed E-state index contributed by atoms with van der Waals surface area (Å²) in [5, 5.41) is 22.2. The van der Waals surface area contributed by atoms with Gasteiger partial charge in [-0.2, -0.15) is 0 Å². The average Bonchev–Trinajstić information content (AvgIpc) is 3.40. The van der Waals surface area contributed by atoms with E-state index < -0.39 is 42.1 Å². The van der Waals surface area contributed by atoms with Crippen molar-refractivity contribution >= 4 is 18.0 Å². The molecule has 8 nitrogen and oxygen atoms in total. The van der Waals surface area contributed by atoms with Crippen molar-refractivity contribution in [2.45, 2.75) is 56.7 Å². The van der Waals surface area contributed by atoms with E-state index in [0.29, 0.717) is 19.4 Å². The predicted octanol–water partition coefficient (Wildman–Crippen LogP) is 3.13. The van der Waals surface area contributed by atoms with Crippen LogP contribution in [0.3, 0.4) is 0 Å². The number of amides is 2. The predicted molar refractivity (Wildman–Crippen MR) is 125 cm³/mol. The van der Waals surface area contributed by atoms with E-state index in [-0.39, 0.29) is 12.5 Å². The van der Waals surface area contributed by atoms with E-state index in [1.54, 1.807) is 13.8 Å². The lowest BCUT2D eigenvalue weighted by atomic mass is 9.96. The lowest BCUT2D eigenvalue weighted by Crippen LogP contribution is -2.55. The van der Waals surface area contributed by atoms with E-state index in [1.165, 1.54) is 4.90 Å². The van der Waals surface area contributed by atoms with E-state index in [2.05, 4.69) is 5.32 Å². The van der Waals surface area contributed by atoms with Crippen LogP contribution in [0.5, 0.6) is 0 Å². The molecule has 34 heavy (non-hydrogen) atoms. The molecule has 8 heteroatoms. The molecule has 1 aliphatic heterocycles. The van der Waals surface area contributed by atoms with E-state index in [4.69, 9.17) is 4.74 Å². The first-order valence-electron chi connectivity index (χ1n) is 11.5. The van der Waals surface area contributed by atoms with Crippen molar-refractivity contribution in [3.63, 3.8) is 0 Å². The SMILES string of the molecule is CC(C)(O)C1CCCN1C(=O)C(CC(=O)O)NC(=O)OCC1c2ccccc2-c2ccccc21. The molecule has 1 heterocycles. The molecule has 1 fully saturated rings. The van der Waals surface area contributed by atoms with E-state index in [1.807, 2.05) is 48.5 Å². The summed E-state index contributed by atoms with van der Waals surface area (Å²) in [5.41, 5.74) is 3.17. The van der Waals surface area contributed by atoms with Gasteiger partial charge in [-0.3, -0.25) is 9.59 Å². The number of ether oxygens (including phenoxy) is 1. The third-order valence-electron chi connectivity index (χ3n) is 6.66. The quantitative estimate of drug-likeness (QED) is 0.577. The van der Waals surface area contributed by atoms with Crippen LogP contribution in [0.25, 0.3) is 11.1 Å². The highest BCUT2D eigenvalue weighted by molar-refractivity contribution is 5.89. The molecule has 1 saturated heterocycles. The molecule has 3 N–H and O–H groups in total. The van der Waals surface area contributed by atoms with Crippen molar-refractivity contribution in [2.24, 2.45) is 0 Å². The first-order chi connectivity index (χ1) is 16.2. The number of nitrogens with one attached hydrogen (secondary N) is 1. The van der Waals surface area contributed by atoms with Gasteiger partial charge in [0, 0.05) is 12.5 Å². The van der Waals surface area contributed by atoms with Gasteiger partial charge in [-0.1, -0.05) is 48.5 Å². The largest absolute Gasteiger partial charge is 0.481 e. The number of likely N-dealkylation sites (tertiary alicyclic amines) is 1. The van der Waals surface area contributed by atoms with Crippen molar-refractivity contribution in [3.05, 3.63) is 59.7 Å². The van der Waals surface area contributed by atoms with E-state index in [0.717, 1.165) is 22.3 Å². The van der Waals surface area contributed by atoms with Crippen LogP contribution in [0.2, 0.25) is 0 Å². The Kier molecular flexibility index (Phi) is 6.61. The van der Waals surface area contributed by atoms with Gasteiger partial charge in [0.05, 0.1) is 18.1 Å². The number of carbonyl (C=O) groups excluding carboxylic acids is 2. The van der Waals surface area contributed by atoms with Crippen LogP contribution in [-0.4, -0.2) is 63.9 Å².